The molecule has 1 saturated heterocycles. The molecular formula is C30H31N3O7. The second-order valence-electron chi connectivity index (χ2n) is 9.40. The lowest BCUT2D eigenvalue weighted by Crippen LogP contribution is -2.39. The predicted octanol–water partition coefficient (Wildman–Crippen LogP) is 2.47. The Morgan fingerprint density at radius 3 is 1.93 bits per heavy atom. The molecule has 40 heavy (non-hydrogen) atoms. The summed E-state index contributed by atoms with van der Waals surface area (Å²) >= 11 is 0. The lowest BCUT2D eigenvalue weighted by atomic mass is 9.80. The molecular weight excluding hydrogens is 514 g/mol. The number of aromatic nitrogens is 2. The number of aliphatic hydroxyl groups is 2. The summed E-state index contributed by atoms with van der Waals surface area (Å²) < 4.78 is 24.6. The molecule has 0 saturated carbocycles. The Bertz CT molecular complexity index is 1430. The van der Waals surface area contributed by atoms with E-state index in [9.17, 15) is 15.0 Å². The molecule has 0 spiro atoms. The Morgan fingerprint density at radius 1 is 0.850 bits per heavy atom. The highest BCUT2D eigenvalue weighted by atomic mass is 16.6. The first-order valence-electron chi connectivity index (χ1n) is 12.7. The van der Waals surface area contributed by atoms with Gasteiger partial charge in [-0.25, -0.2) is 4.79 Å². The number of hydrogen-bond donors (Lipinski definition) is 3. The van der Waals surface area contributed by atoms with Crippen molar-refractivity contribution in [1.82, 2.24) is 9.55 Å². The van der Waals surface area contributed by atoms with Gasteiger partial charge in [0, 0.05) is 6.20 Å². The second kappa shape index (κ2) is 11.5. The Morgan fingerprint density at radius 2 is 1.40 bits per heavy atom. The Labute approximate surface area is 231 Å². The molecule has 1 aromatic heterocycles. The van der Waals surface area contributed by atoms with E-state index in [4.69, 9.17) is 24.7 Å². The summed E-state index contributed by atoms with van der Waals surface area (Å²) in [6, 6.07) is 26.1. The van der Waals surface area contributed by atoms with Crippen molar-refractivity contribution in [2.24, 2.45) is 0 Å². The van der Waals surface area contributed by atoms with Crippen molar-refractivity contribution in [3.63, 3.8) is 0 Å². The van der Waals surface area contributed by atoms with Crippen molar-refractivity contribution in [2.75, 3.05) is 26.6 Å². The zero-order chi connectivity index (χ0) is 28.3. The van der Waals surface area contributed by atoms with Gasteiger partial charge in [0.05, 0.1) is 20.8 Å². The van der Waals surface area contributed by atoms with E-state index in [-0.39, 0.29) is 12.4 Å². The molecule has 0 aliphatic carbocycles. The highest BCUT2D eigenvalue weighted by Gasteiger charge is 2.46. The fraction of sp³-hybridized carbons (Fsp3) is 0.267. The number of ether oxygens (including phenoxy) is 4. The average molecular weight is 546 g/mol. The SMILES string of the molecule is COc1ccc(C(OC[C@H]2O[C@@H](n3ccc(N)nc3=O)C(O)[C@H]2O)(c2ccccc2)c2ccc(OC)cc2)cc1. The Balaban J connectivity index is 1.55. The predicted molar refractivity (Wildman–Crippen MR) is 147 cm³/mol. The van der Waals surface area contributed by atoms with Crippen LogP contribution in [-0.2, 0) is 15.1 Å². The minimum absolute atomic E-state index is 0.0424. The maximum atomic E-state index is 12.4. The summed E-state index contributed by atoms with van der Waals surface area (Å²) in [7, 11) is 3.20. The minimum Gasteiger partial charge on any atom is -0.497 e. The topological polar surface area (TPSA) is 138 Å². The van der Waals surface area contributed by atoms with Gasteiger partial charge < -0.3 is 34.9 Å². The van der Waals surface area contributed by atoms with Gasteiger partial charge in [-0.1, -0.05) is 54.6 Å². The van der Waals surface area contributed by atoms with Crippen LogP contribution in [0.2, 0.25) is 0 Å². The third-order valence-corrected chi connectivity index (χ3v) is 7.10. The Hall–Kier alpha value is -4.22. The number of aliphatic hydroxyl groups excluding tert-OH is 2. The van der Waals surface area contributed by atoms with Crippen LogP contribution >= 0.6 is 0 Å². The fourth-order valence-corrected chi connectivity index (χ4v) is 5.00. The maximum Gasteiger partial charge on any atom is 0.351 e. The number of rotatable bonds is 9. The van der Waals surface area contributed by atoms with Crippen LogP contribution in [0, 0.1) is 0 Å². The molecule has 0 amide bonds. The van der Waals surface area contributed by atoms with Crippen LogP contribution in [0.25, 0.3) is 0 Å². The molecule has 1 aliphatic heterocycles. The van der Waals surface area contributed by atoms with Gasteiger partial charge in [-0.2, -0.15) is 4.98 Å². The van der Waals surface area contributed by atoms with Crippen molar-refractivity contribution in [2.45, 2.75) is 30.1 Å². The van der Waals surface area contributed by atoms with Gasteiger partial charge in [0.2, 0.25) is 0 Å². The molecule has 2 heterocycles. The van der Waals surface area contributed by atoms with E-state index in [2.05, 4.69) is 4.98 Å². The average Bonchev–Trinajstić information content (AvgIpc) is 3.27. The van der Waals surface area contributed by atoms with Gasteiger partial charge in [-0.05, 0) is 47.0 Å². The van der Waals surface area contributed by atoms with Gasteiger partial charge in [0.15, 0.2) is 6.23 Å². The summed E-state index contributed by atoms with van der Waals surface area (Å²) in [6.45, 7) is -0.126. The van der Waals surface area contributed by atoms with Crippen LogP contribution in [0.1, 0.15) is 22.9 Å². The monoisotopic (exact) mass is 545 g/mol. The highest BCUT2D eigenvalue weighted by Crippen LogP contribution is 2.42. The molecule has 1 aliphatic rings. The van der Waals surface area contributed by atoms with Gasteiger partial charge >= 0.3 is 5.69 Å². The number of nitrogens with zero attached hydrogens (tertiary/aromatic N) is 2. The first-order chi connectivity index (χ1) is 19.4. The third kappa shape index (κ3) is 5.05. The summed E-state index contributed by atoms with van der Waals surface area (Å²) in [5, 5.41) is 21.7. The quantitative estimate of drug-likeness (QED) is 0.271. The standard InChI is InChI=1S/C30H31N3O7/c1-37-22-12-8-20(9-13-22)30(19-6-4-3-5-7-19,21-10-14-23(38-2)15-11-21)39-18-24-26(34)27(35)28(40-24)33-17-16-25(31)32-29(33)36/h3-17,24,26-28,34-35H,18H2,1-2H3,(H2,31,32,36)/t24-,26+,27?,28-/m1/s1. The second-order valence-corrected chi connectivity index (χ2v) is 9.40. The summed E-state index contributed by atoms with van der Waals surface area (Å²) in [5.41, 5.74) is 6.18. The summed E-state index contributed by atoms with van der Waals surface area (Å²) in [5.74, 6) is 1.41. The summed E-state index contributed by atoms with van der Waals surface area (Å²) in [6.07, 6.45) is -3.50. The number of methoxy groups -OCH3 is 2. The van der Waals surface area contributed by atoms with Crippen LogP contribution in [0.5, 0.6) is 11.5 Å². The van der Waals surface area contributed by atoms with Gasteiger partial charge in [0.25, 0.3) is 0 Å². The molecule has 208 valence electrons. The number of nitrogen functional groups attached to an aromatic ring is 1. The lowest BCUT2D eigenvalue weighted by Gasteiger charge is -2.37. The molecule has 10 heteroatoms. The van der Waals surface area contributed by atoms with E-state index in [1.165, 1.54) is 12.3 Å². The molecule has 5 rings (SSSR count). The van der Waals surface area contributed by atoms with Crippen molar-refractivity contribution in [1.29, 1.82) is 0 Å². The van der Waals surface area contributed by atoms with Gasteiger partial charge in [-0.15, -0.1) is 0 Å². The zero-order valence-electron chi connectivity index (χ0n) is 22.1. The van der Waals surface area contributed by atoms with Crippen LogP contribution in [-0.4, -0.2) is 58.9 Å². The van der Waals surface area contributed by atoms with E-state index in [1.807, 2.05) is 78.9 Å². The van der Waals surface area contributed by atoms with E-state index >= 15 is 0 Å². The van der Waals surface area contributed by atoms with Gasteiger partial charge in [0.1, 0.15) is 41.2 Å². The van der Waals surface area contributed by atoms with Crippen molar-refractivity contribution >= 4 is 5.82 Å². The molecule has 4 N–H and O–H groups in total. The minimum atomic E-state index is -1.40. The highest BCUT2D eigenvalue weighted by molar-refractivity contribution is 5.49. The van der Waals surface area contributed by atoms with Crippen LogP contribution < -0.4 is 20.9 Å². The number of anilines is 1. The zero-order valence-corrected chi connectivity index (χ0v) is 22.1. The third-order valence-electron chi connectivity index (χ3n) is 7.10. The van der Waals surface area contributed by atoms with E-state index in [0.29, 0.717) is 11.5 Å². The molecule has 10 nitrogen and oxygen atoms in total. The normalized spacial score (nSPS) is 20.8. The fourth-order valence-electron chi connectivity index (χ4n) is 5.00. The first-order valence-corrected chi connectivity index (χ1v) is 12.7. The van der Waals surface area contributed by atoms with Crippen LogP contribution in [0.15, 0.2) is 95.9 Å². The first kappa shape index (κ1) is 27.4. The van der Waals surface area contributed by atoms with Crippen molar-refractivity contribution < 1.29 is 29.2 Å². The molecule has 1 fully saturated rings. The molecule has 4 aromatic rings. The molecule has 4 atom stereocenters. The largest absolute Gasteiger partial charge is 0.497 e. The molecule has 1 unspecified atom stereocenters. The molecule has 0 bridgehead atoms. The van der Waals surface area contributed by atoms with E-state index < -0.39 is 35.8 Å². The Kier molecular flexibility index (Phi) is 7.85. The van der Waals surface area contributed by atoms with E-state index in [0.717, 1.165) is 21.3 Å². The smallest absolute Gasteiger partial charge is 0.351 e. The maximum absolute atomic E-state index is 12.4. The number of benzene rings is 3. The van der Waals surface area contributed by atoms with Crippen molar-refractivity contribution in [3.8, 4) is 11.5 Å². The molecule has 0 radical (unpaired) electrons. The van der Waals surface area contributed by atoms with Crippen LogP contribution in [0.3, 0.4) is 0 Å². The number of hydrogen-bond acceptors (Lipinski definition) is 9. The lowest BCUT2D eigenvalue weighted by molar-refractivity contribution is -0.0958. The molecule has 3 aromatic carbocycles. The van der Waals surface area contributed by atoms with Crippen LogP contribution in [0.4, 0.5) is 5.82 Å². The summed E-state index contributed by atoms with van der Waals surface area (Å²) in [4.78, 5) is 16.1. The van der Waals surface area contributed by atoms with E-state index in [1.54, 1.807) is 14.2 Å². The number of nitrogens with two attached hydrogens (primary N) is 1. The van der Waals surface area contributed by atoms with Crippen molar-refractivity contribution in [3.05, 3.63) is 118 Å². The van der Waals surface area contributed by atoms with Gasteiger partial charge in [-0.3, -0.25) is 4.57 Å².